The number of anilines is 2. The molecule has 0 saturated heterocycles. The van der Waals surface area contributed by atoms with Gasteiger partial charge >= 0.3 is 0 Å². The molecule has 3 rings (SSSR count). The van der Waals surface area contributed by atoms with Crippen molar-refractivity contribution >= 4 is 27.6 Å². The van der Waals surface area contributed by atoms with Crippen LogP contribution in [0.15, 0.2) is 30.3 Å². The number of ether oxygens (including phenoxy) is 2. The van der Waals surface area contributed by atoms with Crippen molar-refractivity contribution in [3.63, 3.8) is 0 Å². The Morgan fingerprint density at radius 1 is 1.15 bits per heavy atom. The number of aromatic nitrogens is 1. The largest absolute Gasteiger partial charge is 0.491 e. The highest BCUT2D eigenvalue weighted by Crippen LogP contribution is 2.38. The highest BCUT2D eigenvalue weighted by molar-refractivity contribution is 7.93. The molecule has 228 valence electrons. The number of halogens is 2. The molecular formula is C28H40F2N4O6S. The number of hydrogen-bond acceptors (Lipinski definition) is 8. The minimum Gasteiger partial charge on any atom is -0.491 e. The van der Waals surface area contributed by atoms with Gasteiger partial charge in [-0.05, 0) is 50.7 Å². The SMILES string of the molecule is COCC[C@H](O)[C@H](COc1cc(F)cc(F)c1)NC(=O)c1cc(N(C)CC2C[C@@H]2C)nc(N(C)S(=O)(=O)C(C)C)c1. The predicted molar refractivity (Wildman–Crippen MR) is 153 cm³/mol. The van der Waals surface area contributed by atoms with Gasteiger partial charge in [-0.2, -0.15) is 0 Å². The van der Waals surface area contributed by atoms with Gasteiger partial charge in [0, 0.05) is 58.1 Å². The van der Waals surface area contributed by atoms with E-state index in [0.29, 0.717) is 30.3 Å². The van der Waals surface area contributed by atoms with Crippen LogP contribution in [0, 0.1) is 23.5 Å². The molecule has 1 aromatic heterocycles. The zero-order valence-electron chi connectivity index (χ0n) is 24.3. The Labute approximate surface area is 240 Å². The van der Waals surface area contributed by atoms with Crippen LogP contribution in [-0.2, 0) is 14.8 Å². The minimum atomic E-state index is -3.74. The molecule has 1 aromatic carbocycles. The van der Waals surface area contributed by atoms with Gasteiger partial charge in [-0.3, -0.25) is 9.10 Å². The van der Waals surface area contributed by atoms with Crippen molar-refractivity contribution in [2.45, 2.75) is 51.0 Å². The topological polar surface area (TPSA) is 121 Å². The summed E-state index contributed by atoms with van der Waals surface area (Å²) < 4.78 is 64.7. The summed E-state index contributed by atoms with van der Waals surface area (Å²) >= 11 is 0. The second-order valence-electron chi connectivity index (χ2n) is 10.8. The Bertz CT molecular complexity index is 1290. The lowest BCUT2D eigenvalue weighted by atomic mass is 10.1. The van der Waals surface area contributed by atoms with Crippen LogP contribution < -0.4 is 19.3 Å². The van der Waals surface area contributed by atoms with Gasteiger partial charge < -0.3 is 24.8 Å². The van der Waals surface area contributed by atoms with E-state index in [4.69, 9.17) is 9.47 Å². The van der Waals surface area contributed by atoms with Gasteiger partial charge in [-0.15, -0.1) is 0 Å². The fraction of sp³-hybridized carbons (Fsp3) is 0.571. The van der Waals surface area contributed by atoms with Gasteiger partial charge in [0.2, 0.25) is 10.0 Å². The highest BCUT2D eigenvalue weighted by atomic mass is 32.2. The van der Waals surface area contributed by atoms with E-state index < -0.39 is 45.0 Å². The normalized spacial score (nSPS) is 18.1. The average Bonchev–Trinajstić information content (AvgIpc) is 3.61. The number of amides is 1. The molecule has 4 atom stereocenters. The smallest absolute Gasteiger partial charge is 0.251 e. The zero-order chi connectivity index (χ0) is 30.5. The first-order valence-electron chi connectivity index (χ1n) is 13.5. The van der Waals surface area contributed by atoms with E-state index in [2.05, 4.69) is 17.2 Å². The third-order valence-corrected chi connectivity index (χ3v) is 9.34. The number of hydrogen-bond donors (Lipinski definition) is 2. The molecule has 0 bridgehead atoms. The lowest BCUT2D eigenvalue weighted by Gasteiger charge is -2.26. The van der Waals surface area contributed by atoms with Gasteiger partial charge in [0.25, 0.3) is 5.91 Å². The zero-order valence-corrected chi connectivity index (χ0v) is 25.1. The molecular weight excluding hydrogens is 558 g/mol. The van der Waals surface area contributed by atoms with Crippen molar-refractivity contribution in [2.75, 3.05) is 50.2 Å². The summed E-state index contributed by atoms with van der Waals surface area (Å²) in [6.07, 6.45) is 0.100. The molecule has 10 nitrogen and oxygen atoms in total. The number of nitrogens with zero attached hydrogens (tertiary/aromatic N) is 3. The lowest BCUT2D eigenvalue weighted by molar-refractivity contribution is 0.0560. The number of aliphatic hydroxyl groups excluding tert-OH is 1. The summed E-state index contributed by atoms with van der Waals surface area (Å²) in [6.45, 7) is 5.84. The highest BCUT2D eigenvalue weighted by Gasteiger charge is 2.34. The Hall–Kier alpha value is -3.03. The molecule has 1 saturated carbocycles. The fourth-order valence-electron chi connectivity index (χ4n) is 4.27. The Kier molecular flexibility index (Phi) is 10.9. The third kappa shape index (κ3) is 8.73. The lowest BCUT2D eigenvalue weighted by Crippen LogP contribution is -2.47. The van der Waals surface area contributed by atoms with Crippen LogP contribution in [0.2, 0.25) is 0 Å². The summed E-state index contributed by atoms with van der Waals surface area (Å²) in [7, 11) is 0.940. The second kappa shape index (κ2) is 13.8. The number of sulfonamides is 1. The Morgan fingerprint density at radius 2 is 1.76 bits per heavy atom. The molecule has 1 unspecified atom stereocenters. The van der Waals surface area contributed by atoms with Crippen molar-refractivity contribution in [3.8, 4) is 5.75 Å². The molecule has 1 aliphatic carbocycles. The number of aliphatic hydroxyl groups is 1. The molecule has 1 heterocycles. The van der Waals surface area contributed by atoms with E-state index in [-0.39, 0.29) is 36.8 Å². The molecule has 2 N–H and O–H groups in total. The number of benzene rings is 1. The van der Waals surface area contributed by atoms with Crippen LogP contribution in [0.25, 0.3) is 0 Å². The van der Waals surface area contributed by atoms with Crippen LogP contribution in [-0.4, -0.2) is 82.8 Å². The molecule has 1 aliphatic rings. The number of carbonyl (C=O) groups excluding carboxylic acids is 1. The molecule has 13 heteroatoms. The summed E-state index contributed by atoms with van der Waals surface area (Å²) in [5.41, 5.74) is 0.118. The van der Waals surface area contributed by atoms with Crippen LogP contribution >= 0.6 is 0 Å². The van der Waals surface area contributed by atoms with Crippen LogP contribution in [0.4, 0.5) is 20.4 Å². The maximum atomic E-state index is 13.6. The second-order valence-corrected chi connectivity index (χ2v) is 13.4. The number of methoxy groups -OCH3 is 1. The number of pyridine rings is 1. The fourth-order valence-corrected chi connectivity index (χ4v) is 5.26. The molecule has 0 aliphatic heterocycles. The summed E-state index contributed by atoms with van der Waals surface area (Å²) in [6, 6.07) is 4.62. The molecule has 0 radical (unpaired) electrons. The van der Waals surface area contributed by atoms with Gasteiger partial charge in [-0.1, -0.05) is 6.92 Å². The van der Waals surface area contributed by atoms with E-state index >= 15 is 0 Å². The van der Waals surface area contributed by atoms with Crippen molar-refractivity contribution in [1.29, 1.82) is 0 Å². The van der Waals surface area contributed by atoms with Crippen LogP contribution in [0.3, 0.4) is 0 Å². The number of rotatable bonds is 15. The minimum absolute atomic E-state index is 0.0695. The molecule has 41 heavy (non-hydrogen) atoms. The summed E-state index contributed by atoms with van der Waals surface area (Å²) in [5, 5.41) is 12.8. The summed E-state index contributed by atoms with van der Waals surface area (Å²) in [5.74, 6) is -0.844. The molecule has 1 fully saturated rings. The van der Waals surface area contributed by atoms with E-state index in [0.717, 1.165) is 22.9 Å². The standard InChI is InChI=1S/C28H40F2N4O6S/c1-17(2)41(37,38)34(5)27-11-19(10-26(32-27)33(4)15-20-9-18(20)3)28(36)31-24(25(35)7-8-39-6)16-40-23-13-21(29)12-22(30)14-23/h10-14,17-18,20,24-25,35H,7-9,15-16H2,1-6H3,(H,31,36)/t18-,20?,24-,25-/m0/s1. The molecule has 0 spiro atoms. The maximum Gasteiger partial charge on any atom is 0.251 e. The molecule has 1 amide bonds. The first-order chi connectivity index (χ1) is 19.2. The first-order valence-corrected chi connectivity index (χ1v) is 15.0. The van der Waals surface area contributed by atoms with E-state index in [1.54, 1.807) is 19.9 Å². The van der Waals surface area contributed by atoms with E-state index in [9.17, 15) is 27.1 Å². The van der Waals surface area contributed by atoms with Crippen molar-refractivity contribution < 1.29 is 36.6 Å². The monoisotopic (exact) mass is 598 g/mol. The number of carbonyl (C=O) groups is 1. The van der Waals surface area contributed by atoms with Gasteiger partial charge in [-0.25, -0.2) is 22.2 Å². The molecule has 2 aromatic rings. The Balaban J connectivity index is 1.91. The predicted octanol–water partition coefficient (Wildman–Crippen LogP) is 3.20. The van der Waals surface area contributed by atoms with Gasteiger partial charge in [0.05, 0.1) is 17.4 Å². The van der Waals surface area contributed by atoms with Crippen molar-refractivity contribution in [3.05, 3.63) is 47.5 Å². The van der Waals surface area contributed by atoms with E-state index in [1.807, 2.05) is 11.9 Å². The van der Waals surface area contributed by atoms with Gasteiger partial charge in [0.1, 0.15) is 35.6 Å². The first kappa shape index (κ1) is 32.5. The van der Waals surface area contributed by atoms with Gasteiger partial charge in [0.15, 0.2) is 0 Å². The number of nitrogens with one attached hydrogen (secondary N) is 1. The quantitative estimate of drug-likeness (QED) is 0.321. The van der Waals surface area contributed by atoms with Crippen LogP contribution in [0.5, 0.6) is 5.75 Å². The summed E-state index contributed by atoms with van der Waals surface area (Å²) in [4.78, 5) is 20.0. The van der Waals surface area contributed by atoms with Crippen LogP contribution in [0.1, 0.15) is 44.0 Å². The van der Waals surface area contributed by atoms with Crippen molar-refractivity contribution in [2.24, 2.45) is 11.8 Å². The third-order valence-electron chi connectivity index (χ3n) is 7.20. The van der Waals surface area contributed by atoms with E-state index in [1.165, 1.54) is 20.2 Å². The Morgan fingerprint density at radius 3 is 2.32 bits per heavy atom. The van der Waals surface area contributed by atoms with Crippen molar-refractivity contribution in [1.82, 2.24) is 10.3 Å². The maximum absolute atomic E-state index is 13.6. The average molecular weight is 599 g/mol.